The summed E-state index contributed by atoms with van der Waals surface area (Å²) in [6.45, 7) is 0. The minimum atomic E-state index is -0.427. The van der Waals surface area contributed by atoms with Gasteiger partial charge in [-0.25, -0.2) is 4.98 Å². The summed E-state index contributed by atoms with van der Waals surface area (Å²) in [5.74, 6) is 0.401. The molecule has 0 atom stereocenters. The van der Waals surface area contributed by atoms with Gasteiger partial charge in [0.2, 0.25) is 5.82 Å². The van der Waals surface area contributed by atoms with Gasteiger partial charge in [0.1, 0.15) is 12.4 Å². The summed E-state index contributed by atoms with van der Waals surface area (Å²) in [6, 6.07) is 0.250. The van der Waals surface area contributed by atoms with Gasteiger partial charge >= 0.3 is 5.69 Å². The van der Waals surface area contributed by atoms with Crippen molar-refractivity contribution in [1.82, 2.24) is 9.97 Å². The van der Waals surface area contributed by atoms with Crippen molar-refractivity contribution in [2.75, 3.05) is 5.32 Å². The van der Waals surface area contributed by atoms with Crippen LogP contribution in [0.3, 0.4) is 0 Å². The molecule has 2 saturated carbocycles. The van der Waals surface area contributed by atoms with Crippen molar-refractivity contribution in [3.63, 3.8) is 0 Å². The van der Waals surface area contributed by atoms with Crippen molar-refractivity contribution < 1.29 is 9.66 Å². The van der Waals surface area contributed by atoms with Crippen LogP contribution in [0.25, 0.3) is 0 Å². The molecule has 0 aromatic carbocycles. The van der Waals surface area contributed by atoms with Gasteiger partial charge in [-0.3, -0.25) is 10.1 Å². The molecule has 7 nitrogen and oxygen atoms in total. The van der Waals surface area contributed by atoms with Gasteiger partial charge in [0, 0.05) is 6.04 Å². The van der Waals surface area contributed by atoms with E-state index in [2.05, 4.69) is 15.3 Å². The fourth-order valence-electron chi connectivity index (χ4n) is 3.50. The first-order chi connectivity index (χ1) is 11.2. The predicted octanol–water partition coefficient (Wildman–Crippen LogP) is 3.84. The first-order valence-corrected chi connectivity index (χ1v) is 8.66. The van der Waals surface area contributed by atoms with Crippen LogP contribution in [0.2, 0.25) is 0 Å². The fourth-order valence-corrected chi connectivity index (χ4v) is 3.50. The normalized spacial score (nSPS) is 20.2. The number of hydrogen-bond donors (Lipinski definition) is 1. The summed E-state index contributed by atoms with van der Waals surface area (Å²) in [7, 11) is 0. The number of rotatable bonds is 5. The second-order valence-electron chi connectivity index (χ2n) is 6.49. The average Bonchev–Trinajstić information content (AvgIpc) is 2.56. The van der Waals surface area contributed by atoms with Crippen molar-refractivity contribution in [2.24, 2.45) is 0 Å². The van der Waals surface area contributed by atoms with Crippen LogP contribution in [-0.2, 0) is 0 Å². The third kappa shape index (κ3) is 4.09. The van der Waals surface area contributed by atoms with E-state index in [9.17, 15) is 10.1 Å². The highest BCUT2D eigenvalue weighted by atomic mass is 16.6. The zero-order chi connectivity index (χ0) is 16.1. The van der Waals surface area contributed by atoms with Gasteiger partial charge in [0.25, 0.3) is 5.88 Å². The Morgan fingerprint density at radius 1 is 1.04 bits per heavy atom. The molecule has 2 fully saturated rings. The van der Waals surface area contributed by atoms with Crippen molar-refractivity contribution in [1.29, 1.82) is 0 Å². The molecule has 0 bridgehead atoms. The molecule has 0 amide bonds. The van der Waals surface area contributed by atoms with E-state index in [-0.39, 0.29) is 23.7 Å². The molecule has 0 saturated heterocycles. The molecule has 0 unspecified atom stereocenters. The van der Waals surface area contributed by atoms with Crippen LogP contribution >= 0.6 is 0 Å². The van der Waals surface area contributed by atoms with E-state index in [0.29, 0.717) is 5.82 Å². The van der Waals surface area contributed by atoms with E-state index in [0.717, 1.165) is 51.4 Å². The zero-order valence-corrected chi connectivity index (χ0v) is 13.4. The quantitative estimate of drug-likeness (QED) is 0.655. The number of ether oxygens (including phenoxy) is 1. The number of nitrogens with one attached hydrogen (secondary N) is 1. The molecule has 2 aliphatic rings. The van der Waals surface area contributed by atoms with Gasteiger partial charge < -0.3 is 10.1 Å². The topological polar surface area (TPSA) is 90.2 Å². The molecule has 2 aliphatic carbocycles. The van der Waals surface area contributed by atoms with Crippen LogP contribution in [0.15, 0.2) is 6.33 Å². The van der Waals surface area contributed by atoms with E-state index in [1.807, 2.05) is 0 Å². The number of aromatic nitrogens is 2. The molecule has 3 rings (SSSR count). The Morgan fingerprint density at radius 2 is 1.70 bits per heavy atom. The zero-order valence-electron chi connectivity index (χ0n) is 13.4. The van der Waals surface area contributed by atoms with Crippen LogP contribution in [0.5, 0.6) is 5.88 Å². The first kappa shape index (κ1) is 16.0. The van der Waals surface area contributed by atoms with Crippen molar-refractivity contribution >= 4 is 11.5 Å². The van der Waals surface area contributed by atoms with Crippen LogP contribution in [0, 0.1) is 10.1 Å². The molecule has 1 N–H and O–H groups in total. The molecule has 0 aliphatic heterocycles. The second-order valence-corrected chi connectivity index (χ2v) is 6.49. The van der Waals surface area contributed by atoms with Gasteiger partial charge in [-0.1, -0.05) is 25.7 Å². The summed E-state index contributed by atoms with van der Waals surface area (Å²) in [5, 5.41) is 14.8. The maximum Gasteiger partial charge on any atom is 0.372 e. The Balaban J connectivity index is 1.78. The maximum atomic E-state index is 11.5. The number of anilines is 1. The van der Waals surface area contributed by atoms with E-state index < -0.39 is 4.92 Å². The van der Waals surface area contributed by atoms with Crippen LogP contribution in [0.1, 0.15) is 64.2 Å². The van der Waals surface area contributed by atoms with Crippen LogP contribution < -0.4 is 10.1 Å². The van der Waals surface area contributed by atoms with Gasteiger partial charge in [-0.05, 0) is 38.5 Å². The molecule has 7 heteroatoms. The summed E-state index contributed by atoms with van der Waals surface area (Å²) in [5.41, 5.74) is -0.122. The third-order valence-electron chi connectivity index (χ3n) is 4.75. The Kier molecular flexibility index (Phi) is 5.25. The van der Waals surface area contributed by atoms with Gasteiger partial charge in [-0.15, -0.1) is 0 Å². The van der Waals surface area contributed by atoms with E-state index >= 15 is 0 Å². The molecule has 0 spiro atoms. The SMILES string of the molecule is O=[N+]([O-])c1c(NC2CCCCC2)ncnc1OC1CCCCC1. The lowest BCUT2D eigenvalue weighted by molar-refractivity contribution is -0.385. The second kappa shape index (κ2) is 7.57. The third-order valence-corrected chi connectivity index (χ3v) is 4.75. The Hall–Kier alpha value is -1.92. The molecular weight excluding hydrogens is 296 g/mol. The van der Waals surface area contributed by atoms with Gasteiger partial charge in [0.15, 0.2) is 0 Å². The number of nitro groups is 1. The monoisotopic (exact) mass is 320 g/mol. The molecule has 126 valence electrons. The summed E-state index contributed by atoms with van der Waals surface area (Å²) in [6.07, 6.45) is 12.3. The number of hydrogen-bond acceptors (Lipinski definition) is 6. The fraction of sp³-hybridized carbons (Fsp3) is 0.750. The van der Waals surface area contributed by atoms with E-state index in [4.69, 9.17) is 4.74 Å². The molecule has 0 radical (unpaired) electrons. The molecule has 1 aromatic heterocycles. The predicted molar refractivity (Wildman–Crippen MR) is 86.7 cm³/mol. The highest BCUT2D eigenvalue weighted by Gasteiger charge is 2.28. The molecule has 1 aromatic rings. The average molecular weight is 320 g/mol. The largest absolute Gasteiger partial charge is 0.469 e. The maximum absolute atomic E-state index is 11.5. The first-order valence-electron chi connectivity index (χ1n) is 8.66. The smallest absolute Gasteiger partial charge is 0.372 e. The summed E-state index contributed by atoms with van der Waals surface area (Å²) >= 11 is 0. The molecule has 1 heterocycles. The minimum absolute atomic E-state index is 0.0277. The molecule has 23 heavy (non-hydrogen) atoms. The van der Waals surface area contributed by atoms with Crippen molar-refractivity contribution in [3.8, 4) is 5.88 Å². The Labute approximate surface area is 136 Å². The van der Waals surface area contributed by atoms with E-state index in [1.165, 1.54) is 19.2 Å². The van der Waals surface area contributed by atoms with Gasteiger partial charge in [0.05, 0.1) is 4.92 Å². The van der Waals surface area contributed by atoms with E-state index in [1.54, 1.807) is 0 Å². The summed E-state index contributed by atoms with van der Waals surface area (Å²) in [4.78, 5) is 19.2. The number of nitrogens with zero attached hydrogens (tertiary/aromatic N) is 3. The highest BCUT2D eigenvalue weighted by Crippen LogP contribution is 2.34. The Bertz CT molecular complexity index is 502. The standard InChI is InChI=1S/C16H24N4O3/c21-20(22)14-15(19-12-7-3-1-4-8-12)17-11-18-16(14)23-13-9-5-2-6-10-13/h11-13H,1-10H2,(H,17,18,19). The lowest BCUT2D eigenvalue weighted by Gasteiger charge is -2.24. The lowest BCUT2D eigenvalue weighted by Crippen LogP contribution is -2.24. The van der Waals surface area contributed by atoms with Gasteiger partial charge in [-0.2, -0.15) is 4.98 Å². The Morgan fingerprint density at radius 3 is 2.35 bits per heavy atom. The van der Waals surface area contributed by atoms with Crippen LogP contribution in [-0.4, -0.2) is 27.0 Å². The highest BCUT2D eigenvalue weighted by molar-refractivity contribution is 5.61. The lowest BCUT2D eigenvalue weighted by atomic mass is 9.95. The minimum Gasteiger partial charge on any atom is -0.469 e. The molecular formula is C16H24N4O3. The van der Waals surface area contributed by atoms with Crippen LogP contribution in [0.4, 0.5) is 11.5 Å². The van der Waals surface area contributed by atoms with Crippen molar-refractivity contribution in [2.45, 2.75) is 76.4 Å². The summed E-state index contributed by atoms with van der Waals surface area (Å²) < 4.78 is 5.84. The van der Waals surface area contributed by atoms with Crippen molar-refractivity contribution in [3.05, 3.63) is 16.4 Å².